The summed E-state index contributed by atoms with van der Waals surface area (Å²) in [5.41, 5.74) is -3.80. The van der Waals surface area contributed by atoms with Gasteiger partial charge < -0.3 is 15.5 Å². The van der Waals surface area contributed by atoms with E-state index < -0.39 is 52.6 Å². The third-order valence-corrected chi connectivity index (χ3v) is 7.26. The van der Waals surface area contributed by atoms with Gasteiger partial charge >= 0.3 is 18.3 Å². The maximum absolute atomic E-state index is 13.3. The Morgan fingerprint density at radius 1 is 1.00 bits per heavy atom. The Bertz CT molecular complexity index is 1640. The Morgan fingerprint density at radius 3 is 2.23 bits per heavy atom. The number of halogens is 6. The Labute approximate surface area is 248 Å². The highest BCUT2D eigenvalue weighted by molar-refractivity contribution is 8.26. The highest BCUT2D eigenvalue weighted by atomic mass is 32.2. The summed E-state index contributed by atoms with van der Waals surface area (Å²) in [6, 6.07) is 8.51. The Hall–Kier alpha value is -4.44. The van der Waals surface area contributed by atoms with Crippen LogP contribution in [0.2, 0.25) is 0 Å². The summed E-state index contributed by atoms with van der Waals surface area (Å²) in [5.74, 6) is -3.09. The lowest BCUT2D eigenvalue weighted by Crippen LogP contribution is -2.31. The van der Waals surface area contributed by atoms with Crippen molar-refractivity contribution in [2.24, 2.45) is 0 Å². The van der Waals surface area contributed by atoms with Crippen LogP contribution in [0.4, 0.5) is 32.0 Å². The lowest BCUT2D eigenvalue weighted by molar-refractivity contribution is -0.143. The number of carbonyl (C=O) groups excluding carboxylic acids is 2. The van der Waals surface area contributed by atoms with Crippen LogP contribution in [0.5, 0.6) is 5.75 Å². The summed E-state index contributed by atoms with van der Waals surface area (Å²) in [7, 11) is 0. The van der Waals surface area contributed by atoms with Gasteiger partial charge in [-0.25, -0.2) is 9.78 Å². The molecule has 2 amide bonds. The smallest absolute Gasteiger partial charge is 0.416 e. The minimum absolute atomic E-state index is 0.0118. The summed E-state index contributed by atoms with van der Waals surface area (Å²) in [6.45, 7) is -0.148. The van der Waals surface area contributed by atoms with Gasteiger partial charge in [0.15, 0.2) is 0 Å². The van der Waals surface area contributed by atoms with Gasteiger partial charge in [-0.3, -0.25) is 14.5 Å². The van der Waals surface area contributed by atoms with E-state index in [2.05, 4.69) is 10.3 Å². The SMILES string of the molecule is O=C(CCN1C(=O)/C(=C/c2cccc(-c3cc(C(F)(F)F)cc(C(F)(F)F)c3)n2)SC1=S)Nc1ccc(C(=O)O)c(O)c1. The molecule has 3 aromatic rings. The van der Waals surface area contributed by atoms with Crippen LogP contribution in [0.1, 0.15) is 33.6 Å². The normalized spacial score (nSPS) is 14.8. The summed E-state index contributed by atoms with van der Waals surface area (Å²) < 4.78 is 79.8. The Morgan fingerprint density at radius 2 is 1.65 bits per heavy atom. The van der Waals surface area contributed by atoms with Crippen molar-refractivity contribution in [2.75, 3.05) is 11.9 Å². The van der Waals surface area contributed by atoms with Crippen molar-refractivity contribution < 1.29 is 50.9 Å². The van der Waals surface area contributed by atoms with Crippen molar-refractivity contribution in [2.45, 2.75) is 18.8 Å². The molecular weight excluding hydrogens is 624 g/mol. The second kappa shape index (κ2) is 12.0. The molecule has 2 heterocycles. The molecule has 0 unspecified atom stereocenters. The number of aromatic hydroxyl groups is 1. The van der Waals surface area contributed by atoms with Gasteiger partial charge in [-0.15, -0.1) is 0 Å². The van der Waals surface area contributed by atoms with E-state index in [1.807, 2.05) is 0 Å². The Kier molecular flexibility index (Phi) is 8.82. The summed E-state index contributed by atoms with van der Waals surface area (Å²) >= 11 is 6.09. The van der Waals surface area contributed by atoms with Crippen LogP contribution < -0.4 is 5.32 Å². The third-order valence-electron chi connectivity index (χ3n) is 5.88. The number of thioether (sulfide) groups is 1. The molecule has 0 atom stereocenters. The zero-order valence-electron chi connectivity index (χ0n) is 21.3. The zero-order valence-corrected chi connectivity index (χ0v) is 22.9. The first-order valence-corrected chi connectivity index (χ1v) is 13.1. The van der Waals surface area contributed by atoms with Crippen LogP contribution in [0.25, 0.3) is 17.3 Å². The fourth-order valence-corrected chi connectivity index (χ4v) is 5.14. The number of rotatable bonds is 7. The number of thiocarbonyl (C=S) groups is 1. The molecule has 1 aliphatic heterocycles. The molecule has 4 rings (SSSR count). The predicted octanol–water partition coefficient (Wildman–Crippen LogP) is 6.42. The second-order valence-corrected chi connectivity index (χ2v) is 10.6. The van der Waals surface area contributed by atoms with Crippen molar-refractivity contribution in [3.8, 4) is 17.0 Å². The average molecular weight is 642 g/mol. The van der Waals surface area contributed by atoms with Gasteiger partial charge in [0.25, 0.3) is 5.91 Å². The number of phenols is 1. The fraction of sp³-hybridized carbons (Fsp3) is 0.148. The van der Waals surface area contributed by atoms with Crippen LogP contribution in [-0.4, -0.2) is 48.7 Å². The number of amides is 2. The topological polar surface area (TPSA) is 120 Å². The number of aromatic nitrogens is 1. The van der Waals surface area contributed by atoms with E-state index in [4.69, 9.17) is 17.3 Å². The zero-order chi connectivity index (χ0) is 31.7. The monoisotopic (exact) mass is 641 g/mol. The highest BCUT2D eigenvalue weighted by Gasteiger charge is 2.37. The number of anilines is 1. The first-order chi connectivity index (χ1) is 20.0. The molecule has 43 heavy (non-hydrogen) atoms. The van der Waals surface area contributed by atoms with Crippen molar-refractivity contribution in [1.29, 1.82) is 0 Å². The number of hydrogen-bond donors (Lipinski definition) is 3. The van der Waals surface area contributed by atoms with E-state index in [-0.39, 0.29) is 50.9 Å². The van der Waals surface area contributed by atoms with Crippen molar-refractivity contribution in [3.05, 3.63) is 81.9 Å². The number of benzene rings is 2. The second-order valence-electron chi connectivity index (χ2n) is 8.91. The maximum Gasteiger partial charge on any atom is 0.416 e. The highest BCUT2D eigenvalue weighted by Crippen LogP contribution is 2.39. The van der Waals surface area contributed by atoms with E-state index in [1.165, 1.54) is 30.3 Å². The number of nitrogens with zero attached hydrogens (tertiary/aromatic N) is 2. The summed E-state index contributed by atoms with van der Waals surface area (Å²) in [5, 5.41) is 21.2. The summed E-state index contributed by atoms with van der Waals surface area (Å²) in [4.78, 5) is 41.6. The van der Waals surface area contributed by atoms with Crippen LogP contribution in [-0.2, 0) is 21.9 Å². The van der Waals surface area contributed by atoms with Gasteiger partial charge in [0.2, 0.25) is 5.91 Å². The summed E-state index contributed by atoms with van der Waals surface area (Å²) in [6.07, 6.45) is -9.03. The van der Waals surface area contributed by atoms with Gasteiger partial charge in [0.05, 0.1) is 27.4 Å². The molecule has 0 saturated carbocycles. The van der Waals surface area contributed by atoms with Gasteiger partial charge in [0.1, 0.15) is 15.6 Å². The van der Waals surface area contributed by atoms with Gasteiger partial charge in [-0.05, 0) is 48.5 Å². The molecule has 0 radical (unpaired) electrons. The lowest BCUT2D eigenvalue weighted by Gasteiger charge is -2.14. The molecule has 1 saturated heterocycles. The van der Waals surface area contributed by atoms with Crippen LogP contribution in [0.15, 0.2) is 59.5 Å². The van der Waals surface area contributed by atoms with Gasteiger partial charge in [-0.1, -0.05) is 30.0 Å². The van der Waals surface area contributed by atoms with Gasteiger partial charge in [-0.2, -0.15) is 26.3 Å². The minimum Gasteiger partial charge on any atom is -0.507 e. The first kappa shape index (κ1) is 31.5. The van der Waals surface area contributed by atoms with Crippen LogP contribution in [0.3, 0.4) is 0 Å². The maximum atomic E-state index is 13.3. The van der Waals surface area contributed by atoms with Crippen LogP contribution >= 0.6 is 24.0 Å². The first-order valence-electron chi connectivity index (χ1n) is 11.9. The molecular formula is C27H17F6N3O5S2. The molecule has 224 valence electrons. The third kappa shape index (κ3) is 7.50. The van der Waals surface area contributed by atoms with E-state index in [0.717, 1.165) is 28.8 Å². The van der Waals surface area contributed by atoms with E-state index >= 15 is 0 Å². The number of aromatic carboxylic acids is 1. The van der Waals surface area contributed by atoms with E-state index in [9.17, 15) is 45.8 Å². The number of nitrogens with one attached hydrogen (secondary N) is 1. The molecule has 3 N–H and O–H groups in total. The largest absolute Gasteiger partial charge is 0.507 e. The molecule has 0 bridgehead atoms. The number of alkyl halides is 6. The number of carboxylic acids is 1. The molecule has 8 nitrogen and oxygen atoms in total. The lowest BCUT2D eigenvalue weighted by atomic mass is 10.0. The number of hydrogen-bond acceptors (Lipinski definition) is 7. The van der Waals surface area contributed by atoms with Crippen LogP contribution in [0, 0.1) is 0 Å². The molecule has 16 heteroatoms. The molecule has 0 aliphatic carbocycles. The van der Waals surface area contributed by atoms with Crippen molar-refractivity contribution in [1.82, 2.24) is 9.88 Å². The van der Waals surface area contributed by atoms with E-state index in [1.54, 1.807) is 0 Å². The minimum atomic E-state index is -5.04. The average Bonchev–Trinajstić information content (AvgIpc) is 3.17. The molecule has 1 aliphatic rings. The fourth-order valence-electron chi connectivity index (χ4n) is 3.85. The number of carboxylic acid groups (broad SMARTS) is 1. The number of pyridine rings is 1. The predicted molar refractivity (Wildman–Crippen MR) is 148 cm³/mol. The van der Waals surface area contributed by atoms with Gasteiger partial charge in [0, 0.05) is 30.3 Å². The standard InChI is InChI=1S/C27H17F6N3O5S2/c28-26(29,30)14-8-13(9-15(10-14)27(31,32)33)19-3-1-2-16(34-19)12-21-23(39)36(25(42)43-21)7-6-22(38)35-17-4-5-18(24(40)41)20(37)11-17/h1-5,8-12,37H,6-7H2,(H,35,38)(H,40,41)/b21-12-. The Balaban J connectivity index is 1.49. The molecule has 1 aromatic heterocycles. The number of carbonyl (C=O) groups is 3. The van der Waals surface area contributed by atoms with Crippen molar-refractivity contribution in [3.63, 3.8) is 0 Å². The quantitative estimate of drug-likeness (QED) is 0.154. The van der Waals surface area contributed by atoms with E-state index in [0.29, 0.717) is 12.1 Å². The molecule has 2 aromatic carbocycles. The molecule has 1 fully saturated rings. The van der Waals surface area contributed by atoms with Crippen molar-refractivity contribution >= 4 is 57.8 Å². The molecule has 0 spiro atoms.